The number of benzene rings is 1. The molecule has 0 saturated carbocycles. The molecular weight excluding hydrogens is 476 g/mol. The number of rotatable bonds is 13. The van der Waals surface area contributed by atoms with E-state index >= 15 is 0 Å². The molecule has 7 N–H and O–H groups in total. The zero-order valence-electron chi connectivity index (χ0n) is 19.5. The van der Waals surface area contributed by atoms with E-state index in [0.717, 1.165) is 4.90 Å². The Kier molecular flexibility index (Phi) is 10.3. The fourth-order valence-corrected chi connectivity index (χ4v) is 3.88. The summed E-state index contributed by atoms with van der Waals surface area (Å²) in [5.41, 5.74) is 6.39. The van der Waals surface area contributed by atoms with Gasteiger partial charge in [-0.2, -0.15) is 0 Å². The van der Waals surface area contributed by atoms with Gasteiger partial charge in [0.15, 0.2) is 0 Å². The minimum atomic E-state index is -1.56. The normalized spacial score (nSPS) is 17.5. The van der Waals surface area contributed by atoms with E-state index in [4.69, 9.17) is 10.8 Å². The number of nitrogens with two attached hydrogens (primary N) is 1. The molecule has 196 valence electrons. The summed E-state index contributed by atoms with van der Waals surface area (Å²) >= 11 is 0. The number of carbonyl (C=O) groups is 6. The summed E-state index contributed by atoms with van der Waals surface area (Å²) in [6.07, 6.45) is -0.740. The second kappa shape index (κ2) is 13.2. The van der Waals surface area contributed by atoms with Gasteiger partial charge in [-0.15, -0.1) is 0 Å². The van der Waals surface area contributed by atoms with Crippen LogP contribution in [-0.4, -0.2) is 86.6 Å². The molecule has 3 amide bonds. The summed E-state index contributed by atoms with van der Waals surface area (Å²) in [6, 6.07) is 3.37. The average molecular weight is 507 g/mol. The number of hydrogen-bond acceptors (Lipinski definition) is 7. The number of carboxylic acids is 3. The summed E-state index contributed by atoms with van der Waals surface area (Å²) in [5.74, 6) is -6.28. The molecule has 0 aromatic heterocycles. The Hall–Kier alpha value is -4.00. The van der Waals surface area contributed by atoms with Crippen molar-refractivity contribution in [3.05, 3.63) is 35.9 Å². The van der Waals surface area contributed by atoms with E-state index in [1.807, 2.05) is 0 Å². The summed E-state index contributed by atoms with van der Waals surface area (Å²) in [5, 5.41) is 32.2. The van der Waals surface area contributed by atoms with Crippen LogP contribution in [0.1, 0.15) is 37.7 Å². The number of hydrogen-bond donors (Lipinski definition) is 6. The SMILES string of the molecule is NC(CCC(=O)O)C(=O)NC(Cc1ccccc1)C(=O)NC(CC(=O)O)C(=O)N1CCCC1C(=O)O. The van der Waals surface area contributed by atoms with Crippen LogP contribution >= 0.6 is 0 Å². The first-order chi connectivity index (χ1) is 17.0. The zero-order chi connectivity index (χ0) is 26.8. The first-order valence-electron chi connectivity index (χ1n) is 11.4. The third kappa shape index (κ3) is 8.34. The molecule has 0 radical (unpaired) electrons. The fourth-order valence-electron chi connectivity index (χ4n) is 3.88. The van der Waals surface area contributed by atoms with Gasteiger partial charge in [-0.3, -0.25) is 24.0 Å². The summed E-state index contributed by atoms with van der Waals surface area (Å²) in [4.78, 5) is 73.4. The third-order valence-electron chi connectivity index (χ3n) is 5.74. The molecule has 13 heteroatoms. The molecule has 36 heavy (non-hydrogen) atoms. The van der Waals surface area contributed by atoms with Crippen molar-refractivity contribution in [2.45, 2.75) is 62.7 Å². The highest BCUT2D eigenvalue weighted by Crippen LogP contribution is 2.19. The molecular formula is C23H30N4O9. The van der Waals surface area contributed by atoms with E-state index in [0.29, 0.717) is 12.0 Å². The number of nitrogens with zero attached hydrogens (tertiary/aromatic N) is 1. The van der Waals surface area contributed by atoms with Gasteiger partial charge in [0.25, 0.3) is 0 Å². The summed E-state index contributed by atoms with van der Waals surface area (Å²) in [6.45, 7) is 0.102. The molecule has 1 fully saturated rings. The number of carboxylic acid groups (broad SMARTS) is 3. The first-order valence-corrected chi connectivity index (χ1v) is 11.4. The van der Waals surface area contributed by atoms with Gasteiger partial charge in [-0.05, 0) is 24.8 Å². The maximum atomic E-state index is 13.2. The van der Waals surface area contributed by atoms with Crippen LogP contribution in [-0.2, 0) is 35.2 Å². The van der Waals surface area contributed by atoms with Crippen molar-refractivity contribution in [3.63, 3.8) is 0 Å². The standard InChI is InChI=1S/C23H30N4O9/c24-14(8-9-18(28)29)20(32)25-15(11-13-5-2-1-3-6-13)21(33)26-16(12-19(30)31)22(34)27-10-4-7-17(27)23(35)36/h1-3,5-6,14-17H,4,7-12,24H2,(H,25,32)(H,26,33)(H,28,29)(H,30,31)(H,35,36). The van der Waals surface area contributed by atoms with Crippen LogP contribution in [0.2, 0.25) is 0 Å². The van der Waals surface area contributed by atoms with Gasteiger partial charge >= 0.3 is 17.9 Å². The highest BCUT2D eigenvalue weighted by Gasteiger charge is 2.39. The Balaban J connectivity index is 2.22. The van der Waals surface area contributed by atoms with E-state index < -0.39 is 66.2 Å². The molecule has 1 aliphatic heterocycles. The van der Waals surface area contributed by atoms with E-state index in [9.17, 15) is 39.0 Å². The van der Waals surface area contributed by atoms with E-state index in [1.54, 1.807) is 30.3 Å². The number of aliphatic carboxylic acids is 3. The van der Waals surface area contributed by atoms with Crippen LogP contribution in [0.25, 0.3) is 0 Å². The van der Waals surface area contributed by atoms with Crippen LogP contribution in [0.4, 0.5) is 0 Å². The second-order valence-corrected chi connectivity index (χ2v) is 8.48. The number of likely N-dealkylation sites (tertiary alicyclic amines) is 1. The van der Waals surface area contributed by atoms with E-state index in [-0.39, 0.29) is 32.2 Å². The molecule has 0 bridgehead atoms. The lowest BCUT2D eigenvalue weighted by molar-refractivity contribution is -0.150. The average Bonchev–Trinajstić information content (AvgIpc) is 3.31. The number of carbonyl (C=O) groups excluding carboxylic acids is 3. The van der Waals surface area contributed by atoms with Gasteiger partial charge < -0.3 is 36.6 Å². The highest BCUT2D eigenvalue weighted by molar-refractivity contribution is 5.96. The van der Waals surface area contributed by atoms with Crippen molar-refractivity contribution in [1.82, 2.24) is 15.5 Å². The monoisotopic (exact) mass is 506 g/mol. The number of nitrogens with one attached hydrogen (secondary N) is 2. The topological polar surface area (TPSA) is 216 Å². The Labute approximate surface area is 206 Å². The van der Waals surface area contributed by atoms with Crippen molar-refractivity contribution < 1.29 is 44.1 Å². The Morgan fingerprint density at radius 2 is 1.58 bits per heavy atom. The number of amides is 3. The maximum absolute atomic E-state index is 13.2. The predicted octanol–water partition coefficient (Wildman–Crippen LogP) is -1.06. The largest absolute Gasteiger partial charge is 0.481 e. The second-order valence-electron chi connectivity index (χ2n) is 8.48. The smallest absolute Gasteiger partial charge is 0.326 e. The minimum absolute atomic E-state index is 0.0283. The van der Waals surface area contributed by atoms with Crippen molar-refractivity contribution in [2.24, 2.45) is 5.73 Å². The minimum Gasteiger partial charge on any atom is -0.481 e. The molecule has 1 aromatic carbocycles. The van der Waals surface area contributed by atoms with Crippen molar-refractivity contribution in [3.8, 4) is 0 Å². The molecule has 13 nitrogen and oxygen atoms in total. The fraction of sp³-hybridized carbons (Fsp3) is 0.478. The lowest BCUT2D eigenvalue weighted by Crippen LogP contribution is -2.58. The maximum Gasteiger partial charge on any atom is 0.326 e. The molecule has 1 aromatic rings. The molecule has 1 saturated heterocycles. The van der Waals surface area contributed by atoms with Crippen molar-refractivity contribution in [2.75, 3.05) is 6.54 Å². The van der Waals surface area contributed by atoms with Gasteiger partial charge in [0.05, 0.1) is 12.5 Å². The molecule has 1 aliphatic rings. The van der Waals surface area contributed by atoms with Crippen molar-refractivity contribution >= 4 is 35.6 Å². The van der Waals surface area contributed by atoms with Gasteiger partial charge in [0.1, 0.15) is 18.1 Å². The molecule has 2 rings (SSSR count). The van der Waals surface area contributed by atoms with Crippen LogP contribution in [0.15, 0.2) is 30.3 Å². The van der Waals surface area contributed by atoms with Gasteiger partial charge in [-0.25, -0.2) is 4.79 Å². The van der Waals surface area contributed by atoms with E-state index in [2.05, 4.69) is 10.6 Å². The lowest BCUT2D eigenvalue weighted by atomic mass is 10.0. The molecule has 4 unspecified atom stereocenters. The third-order valence-corrected chi connectivity index (χ3v) is 5.74. The van der Waals surface area contributed by atoms with Crippen LogP contribution in [0.5, 0.6) is 0 Å². The van der Waals surface area contributed by atoms with Gasteiger partial charge in [0, 0.05) is 19.4 Å². The Bertz CT molecular complexity index is 985. The predicted molar refractivity (Wildman–Crippen MR) is 123 cm³/mol. The van der Waals surface area contributed by atoms with Gasteiger partial charge in [-0.1, -0.05) is 30.3 Å². The van der Waals surface area contributed by atoms with Crippen molar-refractivity contribution in [1.29, 1.82) is 0 Å². The zero-order valence-corrected chi connectivity index (χ0v) is 19.5. The molecule has 1 heterocycles. The molecule has 0 aliphatic carbocycles. The molecule has 0 spiro atoms. The van der Waals surface area contributed by atoms with E-state index in [1.165, 1.54) is 0 Å². The first kappa shape index (κ1) is 28.2. The van der Waals surface area contributed by atoms with Gasteiger partial charge in [0.2, 0.25) is 17.7 Å². The highest BCUT2D eigenvalue weighted by atomic mass is 16.4. The van der Waals surface area contributed by atoms with Crippen LogP contribution in [0, 0.1) is 0 Å². The summed E-state index contributed by atoms with van der Waals surface area (Å²) in [7, 11) is 0. The quantitative estimate of drug-likeness (QED) is 0.190. The Morgan fingerprint density at radius 3 is 2.17 bits per heavy atom. The molecule has 4 atom stereocenters. The summed E-state index contributed by atoms with van der Waals surface area (Å²) < 4.78 is 0. The lowest BCUT2D eigenvalue weighted by Gasteiger charge is -2.28. The Morgan fingerprint density at radius 1 is 0.944 bits per heavy atom. The van der Waals surface area contributed by atoms with Crippen LogP contribution in [0.3, 0.4) is 0 Å². The van der Waals surface area contributed by atoms with Crippen LogP contribution < -0.4 is 16.4 Å².